The molecule has 7 heteroatoms. The number of benzene rings is 1. The van der Waals surface area contributed by atoms with Crippen LogP contribution in [0.25, 0.3) is 0 Å². The molecule has 1 aromatic carbocycles. The minimum Gasteiger partial charge on any atom is -0.370 e. The van der Waals surface area contributed by atoms with Crippen molar-refractivity contribution in [3.8, 4) is 0 Å². The molecular weight excluding hydrogens is 284 g/mol. The predicted octanol–water partition coefficient (Wildman–Crippen LogP) is 2.53. The van der Waals surface area contributed by atoms with E-state index in [4.69, 9.17) is 0 Å². The molecule has 7 nitrogen and oxygen atoms in total. The van der Waals surface area contributed by atoms with Crippen molar-refractivity contribution in [3.05, 3.63) is 58.3 Å². The summed E-state index contributed by atoms with van der Waals surface area (Å²) in [4.78, 5) is 26.0. The second-order valence-electron chi connectivity index (χ2n) is 5.00. The van der Waals surface area contributed by atoms with E-state index in [1.807, 2.05) is 24.3 Å². The molecule has 2 N–H and O–H groups in total. The van der Waals surface area contributed by atoms with Crippen LogP contribution in [0, 0.1) is 10.1 Å². The highest BCUT2D eigenvalue weighted by atomic mass is 16.6. The molecule has 1 aliphatic rings. The van der Waals surface area contributed by atoms with Gasteiger partial charge in [0.15, 0.2) is 0 Å². The Morgan fingerprint density at radius 1 is 1.27 bits per heavy atom. The van der Waals surface area contributed by atoms with E-state index >= 15 is 0 Å². The van der Waals surface area contributed by atoms with Crippen molar-refractivity contribution in [3.63, 3.8) is 0 Å². The fraction of sp³-hybridized carbons (Fsp3) is 0.200. The lowest BCUT2D eigenvalue weighted by Gasteiger charge is -2.10. The number of para-hydroxylation sites is 1. The summed E-state index contributed by atoms with van der Waals surface area (Å²) in [6.07, 6.45) is 1.83. The molecular formula is C15H14N4O3. The highest BCUT2D eigenvalue weighted by molar-refractivity contribution is 6.02. The summed E-state index contributed by atoms with van der Waals surface area (Å²) in [5.74, 6) is 0.374. The minimum absolute atomic E-state index is 0.000316. The third-order valence-corrected chi connectivity index (χ3v) is 3.61. The van der Waals surface area contributed by atoms with E-state index in [0.29, 0.717) is 18.8 Å². The number of amides is 1. The van der Waals surface area contributed by atoms with Gasteiger partial charge in [-0.25, -0.2) is 4.98 Å². The highest BCUT2D eigenvalue weighted by Crippen LogP contribution is 2.34. The van der Waals surface area contributed by atoms with E-state index in [0.717, 1.165) is 11.3 Å². The SMILES string of the molecule is O=C1Nc2ccccc2C1CCNc1ccc([N+](=O)[O-])cn1. The zero-order valence-electron chi connectivity index (χ0n) is 11.7. The first-order valence-corrected chi connectivity index (χ1v) is 6.89. The Bertz CT molecular complexity index is 715. The van der Waals surface area contributed by atoms with Crippen LogP contribution in [0.15, 0.2) is 42.6 Å². The zero-order valence-corrected chi connectivity index (χ0v) is 11.7. The smallest absolute Gasteiger partial charge is 0.287 e. The minimum atomic E-state index is -0.490. The molecule has 0 saturated carbocycles. The normalized spacial score (nSPS) is 16.0. The first-order chi connectivity index (χ1) is 10.6. The van der Waals surface area contributed by atoms with Crippen LogP contribution in [0.5, 0.6) is 0 Å². The summed E-state index contributed by atoms with van der Waals surface area (Å²) in [6.45, 7) is 0.553. The van der Waals surface area contributed by atoms with E-state index in [1.54, 1.807) is 6.07 Å². The summed E-state index contributed by atoms with van der Waals surface area (Å²) >= 11 is 0. The van der Waals surface area contributed by atoms with Crippen molar-refractivity contribution in [2.75, 3.05) is 17.2 Å². The molecule has 0 bridgehead atoms. The number of carbonyl (C=O) groups is 1. The summed E-state index contributed by atoms with van der Waals surface area (Å²) in [5.41, 5.74) is 1.83. The van der Waals surface area contributed by atoms with Gasteiger partial charge in [-0.1, -0.05) is 18.2 Å². The Hall–Kier alpha value is -2.96. The number of pyridine rings is 1. The summed E-state index contributed by atoms with van der Waals surface area (Å²) < 4.78 is 0. The molecule has 0 spiro atoms. The van der Waals surface area contributed by atoms with Gasteiger partial charge in [0.1, 0.15) is 12.0 Å². The second kappa shape index (κ2) is 5.80. The number of nitrogens with one attached hydrogen (secondary N) is 2. The Morgan fingerprint density at radius 3 is 2.82 bits per heavy atom. The Balaban J connectivity index is 1.59. The molecule has 1 unspecified atom stereocenters. The maximum Gasteiger partial charge on any atom is 0.287 e. The van der Waals surface area contributed by atoms with Gasteiger partial charge in [0.2, 0.25) is 5.91 Å². The molecule has 0 radical (unpaired) electrons. The van der Waals surface area contributed by atoms with Gasteiger partial charge in [0.05, 0.1) is 10.8 Å². The van der Waals surface area contributed by atoms with Crippen molar-refractivity contribution in [2.24, 2.45) is 0 Å². The van der Waals surface area contributed by atoms with Crippen LogP contribution in [0.3, 0.4) is 0 Å². The molecule has 0 saturated heterocycles. The Morgan fingerprint density at radius 2 is 2.09 bits per heavy atom. The van der Waals surface area contributed by atoms with Crippen LogP contribution in [0.1, 0.15) is 17.9 Å². The van der Waals surface area contributed by atoms with Gasteiger partial charge in [-0.15, -0.1) is 0 Å². The van der Waals surface area contributed by atoms with E-state index in [-0.39, 0.29) is 17.5 Å². The molecule has 0 aliphatic carbocycles. The fourth-order valence-electron chi connectivity index (χ4n) is 2.51. The number of carbonyl (C=O) groups excluding carboxylic acids is 1. The second-order valence-corrected chi connectivity index (χ2v) is 5.00. The molecule has 1 atom stereocenters. The van der Waals surface area contributed by atoms with Gasteiger partial charge in [-0.3, -0.25) is 14.9 Å². The van der Waals surface area contributed by atoms with Crippen molar-refractivity contribution in [2.45, 2.75) is 12.3 Å². The van der Waals surface area contributed by atoms with Crippen LogP contribution in [-0.4, -0.2) is 22.4 Å². The van der Waals surface area contributed by atoms with Crippen LogP contribution >= 0.6 is 0 Å². The molecule has 1 amide bonds. The Labute approximate surface area is 126 Å². The average molecular weight is 298 g/mol. The van der Waals surface area contributed by atoms with Crippen molar-refractivity contribution < 1.29 is 9.72 Å². The van der Waals surface area contributed by atoms with Gasteiger partial charge in [-0.05, 0) is 24.1 Å². The molecule has 2 aromatic rings. The van der Waals surface area contributed by atoms with Gasteiger partial charge >= 0.3 is 0 Å². The van der Waals surface area contributed by atoms with E-state index in [9.17, 15) is 14.9 Å². The van der Waals surface area contributed by atoms with E-state index in [1.165, 1.54) is 12.3 Å². The zero-order chi connectivity index (χ0) is 15.5. The van der Waals surface area contributed by atoms with Crippen molar-refractivity contribution in [1.29, 1.82) is 0 Å². The number of fused-ring (bicyclic) bond motifs is 1. The number of hydrogen-bond donors (Lipinski definition) is 2. The number of hydrogen-bond acceptors (Lipinski definition) is 5. The summed E-state index contributed by atoms with van der Waals surface area (Å²) in [7, 11) is 0. The number of nitrogens with zero attached hydrogens (tertiary/aromatic N) is 2. The maximum absolute atomic E-state index is 12.0. The van der Waals surface area contributed by atoms with Crippen LogP contribution < -0.4 is 10.6 Å². The van der Waals surface area contributed by atoms with Crippen LogP contribution in [0.2, 0.25) is 0 Å². The largest absolute Gasteiger partial charge is 0.370 e. The fourth-order valence-corrected chi connectivity index (χ4v) is 2.51. The topological polar surface area (TPSA) is 97.2 Å². The van der Waals surface area contributed by atoms with Gasteiger partial charge in [0, 0.05) is 18.3 Å². The molecule has 3 rings (SSSR count). The van der Waals surface area contributed by atoms with Gasteiger partial charge in [0.25, 0.3) is 5.69 Å². The monoisotopic (exact) mass is 298 g/mol. The molecule has 22 heavy (non-hydrogen) atoms. The van der Waals surface area contributed by atoms with Crippen LogP contribution in [0.4, 0.5) is 17.2 Å². The third-order valence-electron chi connectivity index (χ3n) is 3.61. The molecule has 1 aromatic heterocycles. The number of anilines is 2. The first kappa shape index (κ1) is 14.0. The van der Waals surface area contributed by atoms with Crippen LogP contribution in [-0.2, 0) is 4.79 Å². The van der Waals surface area contributed by atoms with E-state index in [2.05, 4.69) is 15.6 Å². The lowest BCUT2D eigenvalue weighted by Crippen LogP contribution is -2.16. The molecule has 1 aliphatic heterocycles. The quantitative estimate of drug-likeness (QED) is 0.653. The maximum atomic E-state index is 12.0. The van der Waals surface area contributed by atoms with Gasteiger partial charge in [-0.2, -0.15) is 0 Å². The van der Waals surface area contributed by atoms with E-state index < -0.39 is 4.92 Å². The number of rotatable bonds is 5. The number of nitro groups is 1. The van der Waals surface area contributed by atoms with Crippen molar-refractivity contribution >= 4 is 23.1 Å². The average Bonchev–Trinajstić information content (AvgIpc) is 2.84. The highest BCUT2D eigenvalue weighted by Gasteiger charge is 2.29. The third kappa shape index (κ3) is 2.73. The summed E-state index contributed by atoms with van der Waals surface area (Å²) in [6, 6.07) is 10.6. The lowest BCUT2D eigenvalue weighted by atomic mass is 9.97. The predicted molar refractivity (Wildman–Crippen MR) is 81.8 cm³/mol. The summed E-state index contributed by atoms with van der Waals surface area (Å²) in [5, 5.41) is 16.5. The van der Waals surface area contributed by atoms with Gasteiger partial charge < -0.3 is 10.6 Å². The van der Waals surface area contributed by atoms with Crippen molar-refractivity contribution in [1.82, 2.24) is 4.98 Å². The molecule has 0 fully saturated rings. The molecule has 2 heterocycles. The molecule has 112 valence electrons. The first-order valence-electron chi connectivity index (χ1n) is 6.89. The lowest BCUT2D eigenvalue weighted by molar-refractivity contribution is -0.385. The number of aromatic nitrogens is 1. The standard InChI is InChI=1S/C15H14N4O3/c20-15-12(11-3-1-2-4-13(11)18-15)7-8-16-14-6-5-10(9-17-14)19(21)22/h1-6,9,12H,7-8H2,(H,16,17)(H,18,20). The Kier molecular flexibility index (Phi) is 3.69.